The Morgan fingerprint density at radius 1 is 0.963 bits per heavy atom. The number of hydrogen-bond acceptors (Lipinski definition) is 6. The largest absolute Gasteiger partial charge is 0.493 e. The third kappa shape index (κ3) is 2.63. The highest BCUT2D eigenvalue weighted by Gasteiger charge is 2.56. The monoisotopic (exact) mass is 366 g/mol. The summed E-state index contributed by atoms with van der Waals surface area (Å²) in [5, 5.41) is 4.02. The highest BCUT2D eigenvalue weighted by atomic mass is 16.6. The first-order valence-corrected chi connectivity index (χ1v) is 8.45. The summed E-state index contributed by atoms with van der Waals surface area (Å²) in [5.41, 5.74) is 2.63. The number of amides is 2. The van der Waals surface area contributed by atoms with Crippen molar-refractivity contribution in [3.05, 3.63) is 53.6 Å². The zero-order valence-corrected chi connectivity index (χ0v) is 15.1. The van der Waals surface area contributed by atoms with Gasteiger partial charge in [-0.05, 0) is 37.3 Å². The minimum Gasteiger partial charge on any atom is -0.493 e. The number of nitrogens with zero attached hydrogens (tertiary/aromatic N) is 2. The van der Waals surface area contributed by atoms with Crippen molar-refractivity contribution in [2.75, 3.05) is 19.1 Å². The first-order valence-electron chi connectivity index (χ1n) is 8.45. The number of aryl methyl sites for hydroxylation is 1. The number of methoxy groups -OCH3 is 2. The van der Waals surface area contributed by atoms with Gasteiger partial charge in [0.05, 0.1) is 19.9 Å². The third-order valence-corrected chi connectivity index (χ3v) is 4.78. The van der Waals surface area contributed by atoms with Crippen molar-refractivity contribution in [2.45, 2.75) is 13.0 Å². The van der Waals surface area contributed by atoms with Crippen LogP contribution in [0.2, 0.25) is 0 Å². The number of carbonyl (C=O) groups is 2. The second-order valence-electron chi connectivity index (χ2n) is 6.40. The van der Waals surface area contributed by atoms with Gasteiger partial charge in [0.2, 0.25) is 12.0 Å². The van der Waals surface area contributed by atoms with Crippen molar-refractivity contribution < 1.29 is 23.9 Å². The summed E-state index contributed by atoms with van der Waals surface area (Å²) in [6, 6.07) is 12.4. The number of fused-ring (bicyclic) bond motifs is 1. The Bertz CT molecular complexity index is 951. The van der Waals surface area contributed by atoms with Gasteiger partial charge in [-0.15, -0.1) is 0 Å². The second-order valence-corrected chi connectivity index (χ2v) is 6.40. The number of carbonyl (C=O) groups excluding carboxylic acids is 2. The molecule has 2 atom stereocenters. The van der Waals surface area contributed by atoms with E-state index in [-0.39, 0.29) is 5.91 Å². The van der Waals surface area contributed by atoms with E-state index in [1.165, 1.54) is 12.0 Å². The average Bonchev–Trinajstić information content (AvgIpc) is 3.23. The number of benzene rings is 2. The smallest absolute Gasteiger partial charge is 0.278 e. The van der Waals surface area contributed by atoms with E-state index in [2.05, 4.69) is 5.16 Å². The minimum atomic E-state index is -0.943. The highest BCUT2D eigenvalue weighted by Crippen LogP contribution is 2.37. The molecule has 2 aromatic carbocycles. The molecule has 0 unspecified atom stereocenters. The van der Waals surface area contributed by atoms with Gasteiger partial charge in [0, 0.05) is 5.56 Å². The lowest BCUT2D eigenvalue weighted by atomic mass is 9.94. The summed E-state index contributed by atoms with van der Waals surface area (Å²) in [6.07, 6.45) is -0.943. The summed E-state index contributed by atoms with van der Waals surface area (Å²) in [7, 11) is 3.07. The molecule has 4 rings (SSSR count). The molecule has 2 aromatic rings. The molecule has 2 heterocycles. The molecule has 0 aliphatic carbocycles. The van der Waals surface area contributed by atoms with Crippen LogP contribution in [0.15, 0.2) is 47.6 Å². The predicted octanol–water partition coefficient (Wildman–Crippen LogP) is 2.30. The van der Waals surface area contributed by atoms with Gasteiger partial charge in [-0.25, -0.2) is 4.90 Å². The van der Waals surface area contributed by atoms with Gasteiger partial charge in [-0.3, -0.25) is 9.59 Å². The summed E-state index contributed by atoms with van der Waals surface area (Å²) >= 11 is 0. The van der Waals surface area contributed by atoms with Crippen molar-refractivity contribution in [1.29, 1.82) is 0 Å². The Labute approximate surface area is 156 Å². The van der Waals surface area contributed by atoms with E-state index in [0.717, 1.165) is 5.56 Å². The predicted molar refractivity (Wildman–Crippen MR) is 98.1 cm³/mol. The molecule has 0 saturated carbocycles. The van der Waals surface area contributed by atoms with E-state index in [1.54, 1.807) is 37.4 Å². The summed E-state index contributed by atoms with van der Waals surface area (Å²) in [4.78, 5) is 32.3. The van der Waals surface area contributed by atoms with Gasteiger partial charge < -0.3 is 14.3 Å². The number of imide groups is 1. The maximum Gasteiger partial charge on any atom is 0.278 e. The fraction of sp³-hybridized carbons (Fsp3) is 0.250. The summed E-state index contributed by atoms with van der Waals surface area (Å²) in [5.74, 6) is -0.467. The zero-order chi connectivity index (χ0) is 19.1. The molecular weight excluding hydrogens is 348 g/mol. The first-order chi connectivity index (χ1) is 13.0. The molecule has 2 aliphatic heterocycles. The van der Waals surface area contributed by atoms with Gasteiger partial charge >= 0.3 is 0 Å². The van der Waals surface area contributed by atoms with E-state index < -0.39 is 17.9 Å². The molecule has 0 radical (unpaired) electrons. The Hall–Kier alpha value is -3.35. The number of anilines is 1. The Morgan fingerprint density at radius 2 is 1.67 bits per heavy atom. The lowest BCUT2D eigenvalue weighted by molar-refractivity contribution is -0.126. The van der Waals surface area contributed by atoms with Gasteiger partial charge in [0.1, 0.15) is 11.6 Å². The van der Waals surface area contributed by atoms with Crippen LogP contribution < -0.4 is 14.4 Å². The molecule has 1 fully saturated rings. The van der Waals surface area contributed by atoms with Gasteiger partial charge in [-0.1, -0.05) is 22.9 Å². The van der Waals surface area contributed by atoms with Crippen LogP contribution in [0.4, 0.5) is 5.69 Å². The van der Waals surface area contributed by atoms with Crippen molar-refractivity contribution in [2.24, 2.45) is 11.1 Å². The van der Waals surface area contributed by atoms with Crippen LogP contribution in [-0.2, 0) is 14.4 Å². The molecule has 0 spiro atoms. The Morgan fingerprint density at radius 3 is 2.33 bits per heavy atom. The van der Waals surface area contributed by atoms with Gasteiger partial charge in [-0.2, -0.15) is 0 Å². The molecule has 1 saturated heterocycles. The van der Waals surface area contributed by atoms with Crippen LogP contribution >= 0.6 is 0 Å². The maximum atomic E-state index is 13.0. The SMILES string of the molecule is COc1ccc(C2=NO[C@@H]3C(=O)N(c4ccc(C)cc4)C(=O)[C@@H]23)cc1OC. The van der Waals surface area contributed by atoms with E-state index in [0.29, 0.717) is 28.5 Å². The van der Waals surface area contributed by atoms with Crippen molar-refractivity contribution >= 4 is 23.2 Å². The quantitative estimate of drug-likeness (QED) is 0.776. The molecule has 2 aliphatic rings. The highest BCUT2D eigenvalue weighted by molar-refractivity contribution is 6.32. The molecule has 7 heteroatoms. The van der Waals surface area contributed by atoms with Crippen LogP contribution in [0, 0.1) is 12.8 Å². The lowest BCUT2D eigenvalue weighted by Crippen LogP contribution is -2.33. The van der Waals surface area contributed by atoms with E-state index in [4.69, 9.17) is 14.3 Å². The Balaban J connectivity index is 1.69. The van der Waals surface area contributed by atoms with Gasteiger partial charge in [0.15, 0.2) is 11.5 Å². The van der Waals surface area contributed by atoms with E-state index >= 15 is 0 Å². The molecule has 27 heavy (non-hydrogen) atoms. The average molecular weight is 366 g/mol. The van der Waals surface area contributed by atoms with Crippen LogP contribution in [0.5, 0.6) is 11.5 Å². The molecular formula is C20H18N2O5. The fourth-order valence-electron chi connectivity index (χ4n) is 3.36. The van der Waals surface area contributed by atoms with E-state index in [1.807, 2.05) is 19.1 Å². The van der Waals surface area contributed by atoms with Crippen molar-refractivity contribution in [3.8, 4) is 11.5 Å². The maximum absolute atomic E-state index is 13.0. The van der Waals surface area contributed by atoms with Crippen LogP contribution in [0.1, 0.15) is 11.1 Å². The van der Waals surface area contributed by atoms with Crippen molar-refractivity contribution in [1.82, 2.24) is 0 Å². The normalized spacial score (nSPS) is 21.0. The fourth-order valence-corrected chi connectivity index (χ4v) is 3.36. The van der Waals surface area contributed by atoms with Crippen LogP contribution in [-0.4, -0.2) is 37.8 Å². The third-order valence-electron chi connectivity index (χ3n) is 4.78. The molecule has 0 N–H and O–H groups in total. The second kappa shape index (κ2) is 6.42. The lowest BCUT2D eigenvalue weighted by Gasteiger charge is -2.16. The number of hydrogen-bond donors (Lipinski definition) is 0. The molecule has 7 nitrogen and oxygen atoms in total. The zero-order valence-electron chi connectivity index (χ0n) is 15.1. The molecule has 2 amide bonds. The van der Waals surface area contributed by atoms with E-state index in [9.17, 15) is 9.59 Å². The number of oxime groups is 1. The van der Waals surface area contributed by atoms with Crippen LogP contribution in [0.3, 0.4) is 0 Å². The molecule has 0 aromatic heterocycles. The van der Waals surface area contributed by atoms with Gasteiger partial charge in [0.25, 0.3) is 5.91 Å². The topological polar surface area (TPSA) is 77.4 Å². The summed E-state index contributed by atoms with van der Waals surface area (Å²) in [6.45, 7) is 1.94. The summed E-state index contributed by atoms with van der Waals surface area (Å²) < 4.78 is 10.6. The molecule has 0 bridgehead atoms. The number of ether oxygens (including phenoxy) is 2. The van der Waals surface area contributed by atoms with Crippen LogP contribution in [0.25, 0.3) is 0 Å². The number of rotatable bonds is 4. The van der Waals surface area contributed by atoms with Crippen molar-refractivity contribution in [3.63, 3.8) is 0 Å². The standard InChI is InChI=1S/C20H18N2O5/c1-11-4-7-13(8-5-11)22-19(23)16-17(21-27-18(16)20(22)24)12-6-9-14(25-2)15(10-12)26-3/h4-10,16,18H,1-3H3/t16-,18-/m0/s1. The minimum absolute atomic E-state index is 0.347. The Kier molecular flexibility index (Phi) is 4.07. The molecule has 138 valence electrons. The first kappa shape index (κ1) is 17.1.